The van der Waals surface area contributed by atoms with Crippen LogP contribution < -0.4 is 11.1 Å². The van der Waals surface area contributed by atoms with Crippen molar-refractivity contribution >= 4 is 34.5 Å². The molecule has 0 radical (unpaired) electrons. The lowest BCUT2D eigenvalue weighted by atomic mass is 9.79. The molecule has 1 heterocycles. The first-order valence-electron chi connectivity index (χ1n) is 6.60. The van der Waals surface area contributed by atoms with E-state index in [-0.39, 0.29) is 5.91 Å². The van der Waals surface area contributed by atoms with Gasteiger partial charge in [0.1, 0.15) is 0 Å². The number of thiazole rings is 1. The van der Waals surface area contributed by atoms with Crippen LogP contribution in [0.5, 0.6) is 0 Å². The predicted molar refractivity (Wildman–Crippen MR) is 80.9 cm³/mol. The molecule has 104 valence electrons. The Morgan fingerprint density at radius 1 is 1.42 bits per heavy atom. The Hall–Kier alpha value is -1.01. The second-order valence-corrected chi connectivity index (χ2v) is 6.18. The van der Waals surface area contributed by atoms with Crippen molar-refractivity contribution in [2.75, 3.05) is 0 Å². The number of nitrogens with zero attached hydrogens (tertiary/aromatic N) is 1. The van der Waals surface area contributed by atoms with Crippen molar-refractivity contribution in [2.45, 2.75) is 45.1 Å². The highest BCUT2D eigenvalue weighted by Gasteiger charge is 2.41. The number of hydrogen-bond acceptors (Lipinski definition) is 4. The van der Waals surface area contributed by atoms with Crippen LogP contribution in [0.1, 0.15) is 44.2 Å². The molecule has 4 nitrogen and oxygen atoms in total. The maximum Gasteiger partial charge on any atom is 0.233 e. The fourth-order valence-electron chi connectivity index (χ4n) is 2.58. The summed E-state index contributed by atoms with van der Waals surface area (Å²) >= 11 is 6.70. The van der Waals surface area contributed by atoms with Crippen LogP contribution >= 0.6 is 23.6 Å². The Morgan fingerprint density at radius 2 is 2.11 bits per heavy atom. The van der Waals surface area contributed by atoms with Crippen molar-refractivity contribution in [3.63, 3.8) is 0 Å². The van der Waals surface area contributed by atoms with E-state index in [1.165, 1.54) is 11.3 Å². The van der Waals surface area contributed by atoms with Crippen molar-refractivity contribution in [1.29, 1.82) is 0 Å². The molecule has 0 aliphatic heterocycles. The number of nitrogens with one attached hydrogen (secondary N) is 1. The van der Waals surface area contributed by atoms with E-state index in [2.05, 4.69) is 10.3 Å². The minimum atomic E-state index is -0.651. The highest BCUT2D eigenvalue weighted by Crippen LogP contribution is 2.35. The minimum Gasteiger partial charge on any atom is -0.392 e. The van der Waals surface area contributed by atoms with E-state index in [4.69, 9.17) is 18.0 Å². The summed E-state index contributed by atoms with van der Waals surface area (Å²) in [6.07, 6.45) is 5.88. The molecule has 1 aliphatic rings. The van der Waals surface area contributed by atoms with Gasteiger partial charge in [-0.1, -0.05) is 37.9 Å². The van der Waals surface area contributed by atoms with Gasteiger partial charge in [0, 0.05) is 5.38 Å². The van der Waals surface area contributed by atoms with E-state index in [1.807, 2.05) is 5.38 Å². The van der Waals surface area contributed by atoms with Crippen LogP contribution in [0.2, 0.25) is 0 Å². The quantitative estimate of drug-likeness (QED) is 0.661. The van der Waals surface area contributed by atoms with Crippen LogP contribution in [0.3, 0.4) is 0 Å². The lowest BCUT2D eigenvalue weighted by molar-refractivity contribution is -0.128. The van der Waals surface area contributed by atoms with Crippen LogP contribution in [0.15, 0.2) is 10.9 Å². The number of hydrogen-bond donors (Lipinski definition) is 2. The zero-order chi connectivity index (χ0) is 13.7. The number of thiocarbonyl (C=S) groups is 1. The summed E-state index contributed by atoms with van der Waals surface area (Å²) < 4.78 is 0. The van der Waals surface area contributed by atoms with Gasteiger partial charge in [-0.05, 0) is 12.8 Å². The number of carbonyl (C=O) groups is 1. The van der Waals surface area contributed by atoms with Crippen LogP contribution in [-0.4, -0.2) is 15.9 Å². The fraction of sp³-hybridized carbons (Fsp3) is 0.615. The highest BCUT2D eigenvalue weighted by atomic mass is 32.1. The molecule has 1 saturated carbocycles. The second kappa shape index (κ2) is 6.43. The van der Waals surface area contributed by atoms with Crippen molar-refractivity contribution in [1.82, 2.24) is 10.3 Å². The Kier molecular flexibility index (Phi) is 4.87. The standard InChI is InChI=1S/C13H19N3OS2/c14-11(18)13(5-3-1-2-4-6-13)12(17)15-7-10-8-19-9-16-10/h8-9H,1-7H2,(H2,14,18)(H,15,17). The SMILES string of the molecule is NC(=S)C1(C(=O)NCc2cscn2)CCCCCC1. The third-order valence-electron chi connectivity index (χ3n) is 3.78. The Bertz CT molecular complexity index is 437. The number of aromatic nitrogens is 1. The van der Waals surface area contributed by atoms with E-state index in [0.29, 0.717) is 11.5 Å². The van der Waals surface area contributed by atoms with Crippen molar-refractivity contribution in [2.24, 2.45) is 11.1 Å². The van der Waals surface area contributed by atoms with Gasteiger partial charge in [0.25, 0.3) is 0 Å². The Morgan fingerprint density at radius 3 is 2.63 bits per heavy atom. The first-order chi connectivity index (χ1) is 9.15. The van der Waals surface area contributed by atoms with Gasteiger partial charge in [0.05, 0.1) is 28.2 Å². The van der Waals surface area contributed by atoms with E-state index < -0.39 is 5.41 Å². The van der Waals surface area contributed by atoms with Gasteiger partial charge in [-0.2, -0.15) is 0 Å². The number of nitrogens with two attached hydrogens (primary N) is 1. The minimum absolute atomic E-state index is 0.0325. The molecule has 0 spiro atoms. The third-order valence-corrected chi connectivity index (χ3v) is 4.80. The van der Waals surface area contributed by atoms with E-state index in [9.17, 15) is 4.79 Å². The Balaban J connectivity index is 2.05. The molecule has 0 bridgehead atoms. The van der Waals surface area contributed by atoms with Crippen LogP contribution in [0.4, 0.5) is 0 Å². The van der Waals surface area contributed by atoms with E-state index in [0.717, 1.165) is 44.2 Å². The van der Waals surface area contributed by atoms with Crippen molar-refractivity contribution < 1.29 is 4.79 Å². The average Bonchev–Trinajstić information content (AvgIpc) is 2.78. The number of amides is 1. The van der Waals surface area contributed by atoms with Gasteiger partial charge in [-0.3, -0.25) is 4.79 Å². The summed E-state index contributed by atoms with van der Waals surface area (Å²) in [5, 5.41) is 4.87. The fourth-order valence-corrected chi connectivity index (χ4v) is 3.44. The maximum absolute atomic E-state index is 12.5. The molecule has 2 rings (SSSR count). The number of rotatable bonds is 4. The number of carbonyl (C=O) groups excluding carboxylic acids is 1. The van der Waals surface area contributed by atoms with Gasteiger partial charge >= 0.3 is 0 Å². The second-order valence-electron chi connectivity index (χ2n) is 5.02. The predicted octanol–water partition coefficient (Wildman–Crippen LogP) is 2.39. The van der Waals surface area contributed by atoms with Crippen molar-refractivity contribution in [3.05, 3.63) is 16.6 Å². The molecule has 6 heteroatoms. The van der Waals surface area contributed by atoms with Crippen LogP contribution in [0, 0.1) is 5.41 Å². The normalized spacial score (nSPS) is 18.5. The summed E-state index contributed by atoms with van der Waals surface area (Å²) in [5.74, 6) is -0.0325. The largest absolute Gasteiger partial charge is 0.392 e. The van der Waals surface area contributed by atoms with Gasteiger partial charge < -0.3 is 11.1 Å². The summed E-state index contributed by atoms with van der Waals surface area (Å²) in [5.41, 5.74) is 7.87. The average molecular weight is 297 g/mol. The zero-order valence-corrected chi connectivity index (χ0v) is 12.5. The molecule has 1 aromatic rings. The lowest BCUT2D eigenvalue weighted by Gasteiger charge is -2.30. The molecule has 3 N–H and O–H groups in total. The molecular weight excluding hydrogens is 278 g/mol. The lowest BCUT2D eigenvalue weighted by Crippen LogP contribution is -2.48. The first-order valence-corrected chi connectivity index (χ1v) is 7.95. The first kappa shape index (κ1) is 14.4. The summed E-state index contributed by atoms with van der Waals surface area (Å²) in [4.78, 5) is 17.0. The molecule has 0 aromatic carbocycles. The molecule has 19 heavy (non-hydrogen) atoms. The maximum atomic E-state index is 12.5. The van der Waals surface area contributed by atoms with Gasteiger partial charge in [-0.15, -0.1) is 11.3 Å². The van der Waals surface area contributed by atoms with E-state index >= 15 is 0 Å². The summed E-state index contributed by atoms with van der Waals surface area (Å²) in [7, 11) is 0. The van der Waals surface area contributed by atoms with Gasteiger partial charge in [0.2, 0.25) is 5.91 Å². The molecule has 1 fully saturated rings. The molecule has 0 saturated heterocycles. The van der Waals surface area contributed by atoms with Gasteiger partial charge in [-0.25, -0.2) is 4.98 Å². The molecule has 1 aromatic heterocycles. The molecular formula is C13H19N3OS2. The van der Waals surface area contributed by atoms with E-state index in [1.54, 1.807) is 5.51 Å². The zero-order valence-electron chi connectivity index (χ0n) is 10.9. The third kappa shape index (κ3) is 3.30. The van der Waals surface area contributed by atoms with Crippen LogP contribution in [0.25, 0.3) is 0 Å². The summed E-state index contributed by atoms with van der Waals surface area (Å²) in [6.45, 7) is 0.451. The van der Waals surface area contributed by atoms with Gasteiger partial charge in [0.15, 0.2) is 0 Å². The topological polar surface area (TPSA) is 68.0 Å². The summed E-state index contributed by atoms with van der Waals surface area (Å²) in [6, 6.07) is 0. The highest BCUT2D eigenvalue weighted by molar-refractivity contribution is 7.80. The molecule has 1 aliphatic carbocycles. The molecule has 1 amide bonds. The smallest absolute Gasteiger partial charge is 0.233 e. The Labute approximate surface area is 122 Å². The van der Waals surface area contributed by atoms with Crippen LogP contribution in [-0.2, 0) is 11.3 Å². The molecule has 0 atom stereocenters. The van der Waals surface area contributed by atoms with Crippen molar-refractivity contribution in [3.8, 4) is 0 Å². The monoisotopic (exact) mass is 297 g/mol. The molecule has 0 unspecified atom stereocenters.